The maximum Gasteiger partial charge on any atom is 0.252 e. The number of anilines is 1. The van der Waals surface area contributed by atoms with Crippen LogP contribution in [0.25, 0.3) is 11.0 Å². The lowest BCUT2D eigenvalue weighted by atomic mass is 9.74. The van der Waals surface area contributed by atoms with Crippen molar-refractivity contribution in [3.63, 3.8) is 0 Å². The fourth-order valence-electron chi connectivity index (χ4n) is 4.68. The van der Waals surface area contributed by atoms with E-state index in [1.807, 2.05) is 45.0 Å². The second-order valence-electron chi connectivity index (χ2n) is 9.32. The second kappa shape index (κ2) is 9.71. The minimum absolute atomic E-state index is 0.0202. The van der Waals surface area contributed by atoms with Crippen LogP contribution in [0.5, 0.6) is 0 Å². The van der Waals surface area contributed by atoms with Gasteiger partial charge in [-0.15, -0.1) is 0 Å². The molecule has 4 rings (SSSR count). The topological polar surface area (TPSA) is 104 Å². The van der Waals surface area contributed by atoms with Crippen molar-refractivity contribution < 1.29 is 4.79 Å². The molecule has 1 atom stereocenters. The van der Waals surface area contributed by atoms with Gasteiger partial charge in [0.1, 0.15) is 5.65 Å². The summed E-state index contributed by atoms with van der Waals surface area (Å²) in [5.74, 6) is 0.356. The number of pyridine rings is 1. The Morgan fingerprint density at radius 1 is 1.17 bits per heavy atom. The zero-order chi connectivity index (χ0) is 25.2. The molecule has 1 aliphatic heterocycles. The van der Waals surface area contributed by atoms with Crippen molar-refractivity contribution in [2.24, 2.45) is 0 Å². The van der Waals surface area contributed by atoms with Crippen molar-refractivity contribution in [3.8, 4) is 6.07 Å². The highest BCUT2D eigenvalue weighted by atomic mass is 16.2. The molecule has 0 radical (unpaired) electrons. The lowest BCUT2D eigenvalue weighted by molar-refractivity contribution is -0.127. The van der Waals surface area contributed by atoms with E-state index in [1.165, 1.54) is 12.1 Å². The first-order chi connectivity index (χ1) is 16.8. The Hall–Kier alpha value is -3.99. The quantitative estimate of drug-likeness (QED) is 0.544. The summed E-state index contributed by atoms with van der Waals surface area (Å²) in [5, 5.41) is 14.1. The van der Waals surface area contributed by atoms with E-state index in [4.69, 9.17) is 0 Å². The highest BCUT2D eigenvalue weighted by Crippen LogP contribution is 2.35. The number of rotatable bonds is 6. The highest BCUT2D eigenvalue weighted by Gasteiger charge is 2.37. The number of aromatic nitrogens is 3. The predicted octanol–water partition coefficient (Wildman–Crippen LogP) is 4.12. The van der Waals surface area contributed by atoms with Gasteiger partial charge in [-0.05, 0) is 56.9 Å². The van der Waals surface area contributed by atoms with E-state index >= 15 is 0 Å². The van der Waals surface area contributed by atoms with E-state index in [-0.39, 0.29) is 23.6 Å². The molecule has 1 aliphatic rings. The molecule has 2 aromatic heterocycles. The minimum Gasteiger partial charge on any atom is -0.348 e. The van der Waals surface area contributed by atoms with E-state index in [0.29, 0.717) is 37.5 Å². The number of piperidine rings is 1. The molecule has 0 spiro atoms. The largest absolute Gasteiger partial charge is 0.348 e. The van der Waals surface area contributed by atoms with Crippen LogP contribution in [0.3, 0.4) is 0 Å². The Labute approximate surface area is 204 Å². The summed E-state index contributed by atoms with van der Waals surface area (Å²) < 4.78 is 1.66. The first-order valence-electron chi connectivity index (χ1n) is 11.9. The fraction of sp³-hybridized carbons (Fsp3) is 0.370. The number of carbonyl (C=O) groups excluding carboxylic acids is 1. The summed E-state index contributed by atoms with van der Waals surface area (Å²) in [6.45, 7) is 10.6. The SMILES string of the molecule is C=CC(=O)N1CCC(C#N)(c2ccc([C@H](C)Nc3ncc4ccc(=O)n(C(C)C)c4n3)cc2)CC1. The van der Waals surface area contributed by atoms with Gasteiger partial charge in [0.15, 0.2) is 0 Å². The van der Waals surface area contributed by atoms with Gasteiger partial charge < -0.3 is 10.2 Å². The first kappa shape index (κ1) is 24.1. The van der Waals surface area contributed by atoms with E-state index in [0.717, 1.165) is 16.5 Å². The number of hydrogen-bond donors (Lipinski definition) is 1. The van der Waals surface area contributed by atoms with Crippen LogP contribution in [-0.2, 0) is 10.2 Å². The van der Waals surface area contributed by atoms with Gasteiger partial charge in [0.2, 0.25) is 11.9 Å². The van der Waals surface area contributed by atoms with E-state index in [2.05, 4.69) is 27.9 Å². The number of fused-ring (bicyclic) bond motifs is 1. The lowest BCUT2D eigenvalue weighted by Crippen LogP contribution is -2.44. The van der Waals surface area contributed by atoms with Crippen LogP contribution in [0.2, 0.25) is 0 Å². The van der Waals surface area contributed by atoms with Crippen LogP contribution in [0, 0.1) is 11.3 Å². The summed E-state index contributed by atoms with van der Waals surface area (Å²) in [6.07, 6.45) is 4.24. The summed E-state index contributed by atoms with van der Waals surface area (Å²) in [4.78, 5) is 35.0. The third-order valence-corrected chi connectivity index (χ3v) is 6.81. The van der Waals surface area contributed by atoms with Crippen LogP contribution >= 0.6 is 0 Å². The van der Waals surface area contributed by atoms with Crippen molar-refractivity contribution in [3.05, 3.63) is 76.7 Å². The number of carbonyl (C=O) groups is 1. The lowest BCUT2D eigenvalue weighted by Gasteiger charge is -2.37. The molecule has 8 heteroatoms. The zero-order valence-corrected chi connectivity index (χ0v) is 20.4. The molecule has 0 bridgehead atoms. The number of amides is 1. The molecule has 0 unspecified atom stereocenters. The number of hydrogen-bond acceptors (Lipinski definition) is 6. The minimum atomic E-state index is -0.602. The van der Waals surface area contributed by atoms with Gasteiger partial charge in [0.05, 0.1) is 17.5 Å². The van der Waals surface area contributed by atoms with Crippen LogP contribution in [0.15, 0.2) is 60.0 Å². The number of likely N-dealkylation sites (tertiary alicyclic amines) is 1. The van der Waals surface area contributed by atoms with Crippen molar-refractivity contribution in [2.45, 2.75) is 51.1 Å². The molecule has 3 aromatic rings. The zero-order valence-electron chi connectivity index (χ0n) is 20.4. The van der Waals surface area contributed by atoms with Gasteiger partial charge in [-0.1, -0.05) is 30.8 Å². The number of nitrogens with zero attached hydrogens (tertiary/aromatic N) is 5. The average molecular weight is 471 g/mol. The molecule has 35 heavy (non-hydrogen) atoms. The third-order valence-electron chi connectivity index (χ3n) is 6.81. The predicted molar refractivity (Wildman–Crippen MR) is 136 cm³/mol. The molecule has 180 valence electrons. The normalized spacial score (nSPS) is 16.0. The summed E-state index contributed by atoms with van der Waals surface area (Å²) >= 11 is 0. The molecule has 3 heterocycles. The number of nitriles is 1. The standard InChI is InChI=1S/C27H30N6O2/c1-5-23(34)32-14-12-27(17-28,13-15-32)22-9-6-20(7-10-22)19(4)30-26-29-16-21-8-11-24(35)33(18(2)3)25(21)31-26/h5-11,16,18-19H,1,12-15H2,2-4H3,(H,29,30,31)/t19-/m0/s1. The fourth-order valence-corrected chi connectivity index (χ4v) is 4.68. The van der Waals surface area contributed by atoms with Crippen LogP contribution in [0.4, 0.5) is 5.95 Å². The Kier molecular flexibility index (Phi) is 6.70. The van der Waals surface area contributed by atoms with Gasteiger partial charge in [-0.3, -0.25) is 14.2 Å². The molecule has 0 aliphatic carbocycles. The second-order valence-corrected chi connectivity index (χ2v) is 9.32. The maximum absolute atomic E-state index is 12.3. The van der Waals surface area contributed by atoms with Crippen molar-refractivity contribution in [2.75, 3.05) is 18.4 Å². The highest BCUT2D eigenvalue weighted by molar-refractivity contribution is 5.87. The number of benzene rings is 1. The van der Waals surface area contributed by atoms with Crippen LogP contribution in [0.1, 0.15) is 56.8 Å². The number of nitrogens with one attached hydrogen (secondary N) is 1. The van der Waals surface area contributed by atoms with Gasteiger partial charge in [0.25, 0.3) is 5.56 Å². The van der Waals surface area contributed by atoms with Gasteiger partial charge >= 0.3 is 0 Å². The molecule has 1 saturated heterocycles. The Balaban J connectivity index is 1.52. The summed E-state index contributed by atoms with van der Waals surface area (Å²) in [5.41, 5.74) is 1.90. The molecule has 1 N–H and O–H groups in total. The molecule has 8 nitrogen and oxygen atoms in total. The van der Waals surface area contributed by atoms with E-state index < -0.39 is 5.41 Å². The molecule has 1 fully saturated rings. The smallest absolute Gasteiger partial charge is 0.252 e. The Morgan fingerprint density at radius 3 is 2.46 bits per heavy atom. The van der Waals surface area contributed by atoms with Gasteiger partial charge in [-0.25, -0.2) is 4.98 Å². The first-order valence-corrected chi connectivity index (χ1v) is 11.9. The van der Waals surface area contributed by atoms with Crippen molar-refractivity contribution >= 4 is 22.9 Å². The molecular formula is C27H30N6O2. The third kappa shape index (κ3) is 4.67. The van der Waals surface area contributed by atoms with Crippen LogP contribution in [-0.4, -0.2) is 38.4 Å². The van der Waals surface area contributed by atoms with E-state index in [1.54, 1.807) is 21.7 Å². The Morgan fingerprint density at radius 2 is 1.86 bits per heavy atom. The van der Waals surface area contributed by atoms with Crippen molar-refractivity contribution in [1.82, 2.24) is 19.4 Å². The molecule has 0 saturated carbocycles. The molecule has 1 aromatic carbocycles. The molecular weight excluding hydrogens is 440 g/mol. The van der Waals surface area contributed by atoms with Crippen molar-refractivity contribution in [1.29, 1.82) is 5.26 Å². The summed E-state index contributed by atoms with van der Waals surface area (Å²) in [7, 11) is 0. The van der Waals surface area contributed by atoms with Gasteiger partial charge in [0, 0.05) is 36.8 Å². The maximum atomic E-state index is 12.3. The summed E-state index contributed by atoms with van der Waals surface area (Å²) in [6, 6.07) is 13.7. The average Bonchev–Trinajstić information content (AvgIpc) is 2.88. The Bertz CT molecular complexity index is 1340. The van der Waals surface area contributed by atoms with Crippen LogP contribution < -0.4 is 10.9 Å². The monoisotopic (exact) mass is 470 g/mol. The van der Waals surface area contributed by atoms with Gasteiger partial charge in [-0.2, -0.15) is 10.2 Å². The van der Waals surface area contributed by atoms with E-state index in [9.17, 15) is 14.9 Å². The molecule has 1 amide bonds.